The Hall–Kier alpha value is -0.640. The number of carbonyl (C=O) groups excluding carboxylic acids is 1. The van der Waals surface area contributed by atoms with E-state index < -0.39 is 11.4 Å². The van der Waals surface area contributed by atoms with Gasteiger partial charge in [-0.2, -0.15) is 0 Å². The predicted molar refractivity (Wildman–Crippen MR) is 140 cm³/mol. The van der Waals surface area contributed by atoms with Gasteiger partial charge in [-0.15, -0.1) is 4.31 Å². The molecule has 1 N–H and O–H groups in total. The summed E-state index contributed by atoms with van der Waals surface area (Å²) in [6, 6.07) is 0.746. The maximum Gasteiger partial charge on any atom is 0.249 e. The van der Waals surface area contributed by atoms with Gasteiger partial charge in [0, 0.05) is 32.7 Å². The Morgan fingerprint density at radius 1 is 1.14 bits per heavy atom. The summed E-state index contributed by atoms with van der Waals surface area (Å²) in [7, 11) is 1.72. The van der Waals surface area contributed by atoms with Crippen LogP contribution in [0.5, 0.6) is 0 Å². The number of hydrogen-bond donors (Lipinski definition) is 1. The molecular weight excluding hydrogens is 474 g/mol. The lowest BCUT2D eigenvalue weighted by Crippen LogP contribution is -2.62. The van der Waals surface area contributed by atoms with Gasteiger partial charge in [-0.25, -0.2) is 0 Å². The number of rotatable bonds is 6. The lowest BCUT2D eigenvalue weighted by molar-refractivity contribution is -0.177. The van der Waals surface area contributed by atoms with Crippen molar-refractivity contribution < 1.29 is 18.8 Å². The van der Waals surface area contributed by atoms with Gasteiger partial charge in [0.25, 0.3) is 0 Å². The number of nitrogens with one attached hydrogen (secondary N) is 1. The summed E-state index contributed by atoms with van der Waals surface area (Å²) in [6.45, 7) is 4.16. The third kappa shape index (κ3) is 5.03. The molecule has 1 spiro atoms. The number of amides is 1. The molecule has 202 valence electrons. The number of allylic oxidation sites excluding steroid dienone is 2. The maximum absolute atomic E-state index is 13.5. The average molecular weight is 520 g/mol. The lowest BCUT2D eigenvalue weighted by atomic mass is 9.68. The van der Waals surface area contributed by atoms with Crippen molar-refractivity contribution in [2.75, 3.05) is 46.5 Å². The zero-order chi connectivity index (χ0) is 24.8. The van der Waals surface area contributed by atoms with Gasteiger partial charge in [-0.3, -0.25) is 4.79 Å². The van der Waals surface area contributed by atoms with Gasteiger partial charge in [-0.1, -0.05) is 0 Å². The molecule has 0 aromatic heterocycles. The smallest absolute Gasteiger partial charge is 0.249 e. The Morgan fingerprint density at radius 3 is 2.67 bits per heavy atom. The zero-order valence-corrected chi connectivity index (χ0v) is 22.9. The molecule has 6 aliphatic rings. The number of methoxy groups -OCH3 is 1. The van der Waals surface area contributed by atoms with Crippen LogP contribution in [0, 0.1) is 17.8 Å². The van der Waals surface area contributed by atoms with Crippen LogP contribution in [0.25, 0.3) is 0 Å². The summed E-state index contributed by atoms with van der Waals surface area (Å²) >= 11 is -1.04. The molecule has 8 heteroatoms. The number of ether oxygens (including phenoxy) is 2. The SMILES string of the molecule is COCC1(N2CC3(CCN([S+]([O-])C4=CCC(C5CCC6CCCNC6C5)CC4)CC3)OCC2=O)CC1. The highest BCUT2D eigenvalue weighted by molar-refractivity contribution is 7.93. The second-order valence-electron chi connectivity index (χ2n) is 12.5. The van der Waals surface area contributed by atoms with Crippen LogP contribution in [0.15, 0.2) is 11.0 Å². The second-order valence-corrected chi connectivity index (χ2v) is 14.1. The van der Waals surface area contributed by atoms with E-state index in [9.17, 15) is 9.35 Å². The van der Waals surface area contributed by atoms with E-state index in [0.29, 0.717) is 13.2 Å². The molecule has 5 fully saturated rings. The molecule has 36 heavy (non-hydrogen) atoms. The van der Waals surface area contributed by atoms with Crippen molar-refractivity contribution >= 4 is 17.3 Å². The van der Waals surface area contributed by atoms with Gasteiger partial charge in [0.05, 0.1) is 35.7 Å². The molecule has 1 amide bonds. The molecule has 5 unspecified atom stereocenters. The van der Waals surface area contributed by atoms with E-state index in [1.807, 2.05) is 4.90 Å². The highest BCUT2D eigenvalue weighted by Crippen LogP contribution is 2.46. The van der Waals surface area contributed by atoms with Crippen molar-refractivity contribution in [2.45, 2.75) is 94.2 Å². The highest BCUT2D eigenvalue weighted by Gasteiger charge is 2.55. The first-order valence-electron chi connectivity index (χ1n) is 14.5. The molecule has 7 nitrogen and oxygen atoms in total. The van der Waals surface area contributed by atoms with E-state index in [1.54, 1.807) is 7.11 Å². The van der Waals surface area contributed by atoms with E-state index in [1.165, 1.54) is 45.1 Å². The molecule has 3 heterocycles. The number of hydrogen-bond acceptors (Lipinski definition) is 6. The van der Waals surface area contributed by atoms with Crippen molar-refractivity contribution in [1.29, 1.82) is 0 Å². The highest BCUT2D eigenvalue weighted by atomic mass is 32.2. The second kappa shape index (κ2) is 10.5. The Balaban J connectivity index is 1.01. The molecule has 0 aromatic carbocycles. The van der Waals surface area contributed by atoms with Gasteiger partial charge < -0.3 is 24.2 Å². The van der Waals surface area contributed by atoms with Crippen LogP contribution in [0.1, 0.15) is 77.0 Å². The van der Waals surface area contributed by atoms with Crippen molar-refractivity contribution in [3.63, 3.8) is 0 Å². The van der Waals surface area contributed by atoms with Crippen molar-refractivity contribution in [3.05, 3.63) is 11.0 Å². The normalized spacial score (nSPS) is 37.3. The molecule has 6 rings (SSSR count). The van der Waals surface area contributed by atoms with E-state index in [0.717, 1.165) is 80.3 Å². The van der Waals surface area contributed by atoms with Gasteiger partial charge in [0.2, 0.25) is 5.91 Å². The molecular formula is C28H45N3O4S. The van der Waals surface area contributed by atoms with Crippen LogP contribution in [-0.4, -0.2) is 83.3 Å². The fraction of sp³-hybridized carbons (Fsp3) is 0.893. The third-order valence-corrected chi connectivity index (χ3v) is 12.1. The standard InChI is InChI=1S/C28H45N3O4S/c1-34-20-27(10-11-27)31-19-28(35-18-26(31)32)12-15-30(16-13-28)36(33)24-8-6-21(7-9-24)23-5-4-22-3-2-14-29-25(22)17-23/h8,21-23,25,29H,2-7,9-20H2,1H3. The molecule has 3 aliphatic carbocycles. The van der Waals surface area contributed by atoms with E-state index in [4.69, 9.17) is 9.47 Å². The van der Waals surface area contributed by atoms with Crippen LogP contribution >= 0.6 is 0 Å². The Labute approximate surface area is 220 Å². The zero-order valence-electron chi connectivity index (χ0n) is 22.1. The molecule has 0 radical (unpaired) electrons. The van der Waals surface area contributed by atoms with Crippen LogP contribution in [-0.2, 0) is 25.6 Å². The van der Waals surface area contributed by atoms with Crippen molar-refractivity contribution in [3.8, 4) is 0 Å². The minimum Gasteiger partial charge on any atom is -0.593 e. The number of morpholine rings is 1. The Bertz CT molecular complexity index is 841. The molecule has 0 bridgehead atoms. The first kappa shape index (κ1) is 25.6. The Morgan fingerprint density at radius 2 is 1.94 bits per heavy atom. The first-order valence-corrected chi connectivity index (χ1v) is 15.6. The summed E-state index contributed by atoms with van der Waals surface area (Å²) < 4.78 is 27.3. The Kier molecular flexibility index (Phi) is 7.47. The van der Waals surface area contributed by atoms with E-state index in [-0.39, 0.29) is 23.7 Å². The number of nitrogens with zero attached hydrogens (tertiary/aromatic N) is 2. The molecule has 3 aliphatic heterocycles. The van der Waals surface area contributed by atoms with Gasteiger partial charge in [0.1, 0.15) is 11.5 Å². The summed E-state index contributed by atoms with van der Waals surface area (Å²) in [5.74, 6) is 2.60. The summed E-state index contributed by atoms with van der Waals surface area (Å²) in [5.41, 5.74) is -0.408. The summed E-state index contributed by atoms with van der Waals surface area (Å²) in [6.07, 6.45) is 16.2. The fourth-order valence-electron chi connectivity index (χ4n) is 7.94. The number of fused-ring (bicyclic) bond motifs is 1. The minimum atomic E-state index is -1.04. The van der Waals surface area contributed by atoms with Gasteiger partial charge in [-0.05, 0) is 101 Å². The van der Waals surface area contributed by atoms with E-state index in [2.05, 4.69) is 15.7 Å². The van der Waals surface area contributed by atoms with Gasteiger partial charge >= 0.3 is 0 Å². The van der Waals surface area contributed by atoms with E-state index >= 15 is 0 Å². The average Bonchev–Trinajstić information content (AvgIpc) is 3.71. The summed E-state index contributed by atoms with van der Waals surface area (Å²) in [5, 5.41) is 3.80. The van der Waals surface area contributed by atoms with Gasteiger partial charge in [0.15, 0.2) is 0 Å². The number of carbonyl (C=O) groups is 1. The third-order valence-electron chi connectivity index (χ3n) is 10.4. The molecule has 3 saturated heterocycles. The topological polar surface area (TPSA) is 77.1 Å². The number of piperidine rings is 2. The minimum absolute atomic E-state index is 0.0934. The van der Waals surface area contributed by atoms with Crippen LogP contribution in [0.4, 0.5) is 0 Å². The molecule has 0 aromatic rings. The first-order chi connectivity index (χ1) is 17.5. The van der Waals surface area contributed by atoms with Crippen LogP contribution < -0.4 is 5.32 Å². The molecule has 2 saturated carbocycles. The fourth-order valence-corrected chi connectivity index (χ4v) is 9.32. The predicted octanol–water partition coefficient (Wildman–Crippen LogP) is 3.37. The van der Waals surface area contributed by atoms with Crippen molar-refractivity contribution in [1.82, 2.24) is 14.5 Å². The quantitative estimate of drug-likeness (QED) is 0.542. The largest absolute Gasteiger partial charge is 0.593 e. The van der Waals surface area contributed by atoms with Crippen LogP contribution in [0.3, 0.4) is 0 Å². The maximum atomic E-state index is 13.5. The monoisotopic (exact) mass is 519 g/mol. The molecule has 5 atom stereocenters. The van der Waals surface area contributed by atoms with Crippen LogP contribution in [0.2, 0.25) is 0 Å². The lowest BCUT2D eigenvalue weighted by Gasteiger charge is -2.48. The summed E-state index contributed by atoms with van der Waals surface area (Å²) in [4.78, 5) is 15.8. The van der Waals surface area contributed by atoms with Crippen molar-refractivity contribution in [2.24, 2.45) is 17.8 Å².